The zero-order valence-electron chi connectivity index (χ0n) is 11.4. The van der Waals surface area contributed by atoms with Gasteiger partial charge in [-0.05, 0) is 36.2 Å². The second-order valence-electron chi connectivity index (χ2n) is 4.77. The molecule has 0 amide bonds. The van der Waals surface area contributed by atoms with E-state index in [0.717, 1.165) is 18.3 Å². The van der Waals surface area contributed by atoms with E-state index in [1.54, 1.807) is 7.11 Å². The summed E-state index contributed by atoms with van der Waals surface area (Å²) in [6.45, 7) is 0.637. The number of carbonyl (C=O) groups excluding carboxylic acids is 1. The van der Waals surface area contributed by atoms with Crippen LogP contribution in [0.1, 0.15) is 11.1 Å². The van der Waals surface area contributed by atoms with Crippen molar-refractivity contribution in [1.82, 2.24) is 4.57 Å². The third-order valence-corrected chi connectivity index (χ3v) is 3.44. The van der Waals surface area contributed by atoms with Crippen LogP contribution in [-0.2, 0) is 29.4 Å². The predicted octanol–water partition coefficient (Wildman–Crippen LogP) is 1.44. The summed E-state index contributed by atoms with van der Waals surface area (Å²) in [5, 5.41) is 1.21. The van der Waals surface area contributed by atoms with Crippen LogP contribution in [-0.4, -0.2) is 30.6 Å². The van der Waals surface area contributed by atoms with Gasteiger partial charge in [-0.2, -0.15) is 0 Å². The summed E-state index contributed by atoms with van der Waals surface area (Å²) in [4.78, 5) is 10.8. The number of fused-ring (bicyclic) bond motifs is 1. The van der Waals surface area contributed by atoms with Crippen LogP contribution in [0.4, 0.5) is 0 Å². The Bertz CT molecular complexity index is 575. The van der Waals surface area contributed by atoms with Crippen LogP contribution >= 0.6 is 0 Å². The van der Waals surface area contributed by atoms with Crippen LogP contribution in [0.5, 0.6) is 0 Å². The number of ether oxygens (including phenoxy) is 1. The Labute approximate surface area is 113 Å². The van der Waals surface area contributed by atoms with Crippen LogP contribution in [0.25, 0.3) is 10.9 Å². The molecule has 0 aliphatic rings. The van der Waals surface area contributed by atoms with E-state index in [1.807, 2.05) is 13.1 Å². The first-order chi connectivity index (χ1) is 9.19. The molecule has 0 aliphatic heterocycles. The van der Waals surface area contributed by atoms with Crippen LogP contribution in [0.2, 0.25) is 0 Å². The third-order valence-electron chi connectivity index (χ3n) is 3.44. The van der Waals surface area contributed by atoms with E-state index >= 15 is 0 Å². The van der Waals surface area contributed by atoms with Crippen molar-refractivity contribution in [2.24, 2.45) is 12.8 Å². The van der Waals surface area contributed by atoms with Gasteiger partial charge in [-0.1, -0.05) is 6.07 Å². The molecule has 102 valence electrons. The van der Waals surface area contributed by atoms with Gasteiger partial charge in [0.1, 0.15) is 12.4 Å². The highest BCUT2D eigenvalue weighted by atomic mass is 16.5. The van der Waals surface area contributed by atoms with Crippen molar-refractivity contribution in [1.29, 1.82) is 0 Å². The predicted molar refractivity (Wildman–Crippen MR) is 76.2 cm³/mol. The molecule has 0 fully saturated rings. The van der Waals surface area contributed by atoms with Crippen molar-refractivity contribution in [3.63, 3.8) is 0 Å². The molecule has 19 heavy (non-hydrogen) atoms. The Morgan fingerprint density at radius 1 is 1.47 bits per heavy atom. The van der Waals surface area contributed by atoms with Gasteiger partial charge in [-0.25, -0.2) is 0 Å². The molecule has 4 nitrogen and oxygen atoms in total. The summed E-state index contributed by atoms with van der Waals surface area (Å²) in [6.07, 6.45) is 4.05. The molecule has 0 radical (unpaired) electrons. The quantitative estimate of drug-likeness (QED) is 0.799. The fourth-order valence-electron chi connectivity index (χ4n) is 2.42. The van der Waals surface area contributed by atoms with E-state index in [0.29, 0.717) is 13.0 Å². The molecular formula is C15H20N2O2. The number of hydrogen-bond acceptors (Lipinski definition) is 3. The molecule has 0 saturated heterocycles. The number of benzene rings is 1. The summed E-state index contributed by atoms with van der Waals surface area (Å²) in [5.74, 6) is 0. The van der Waals surface area contributed by atoms with Gasteiger partial charge in [-0.3, -0.25) is 0 Å². The Hall–Kier alpha value is -1.65. The zero-order valence-corrected chi connectivity index (χ0v) is 11.4. The normalized spacial score (nSPS) is 12.8. The van der Waals surface area contributed by atoms with E-state index in [-0.39, 0.29) is 6.10 Å². The fraction of sp³-hybridized carbons (Fsp3) is 0.400. The Morgan fingerprint density at radius 2 is 2.26 bits per heavy atom. The van der Waals surface area contributed by atoms with E-state index in [1.165, 1.54) is 16.5 Å². The molecule has 0 aliphatic carbocycles. The van der Waals surface area contributed by atoms with Crippen LogP contribution in [0.3, 0.4) is 0 Å². The molecule has 1 heterocycles. The lowest BCUT2D eigenvalue weighted by atomic mass is 10.0. The molecule has 4 heteroatoms. The lowest BCUT2D eigenvalue weighted by molar-refractivity contribution is -0.116. The first-order valence-corrected chi connectivity index (χ1v) is 6.44. The first-order valence-electron chi connectivity index (χ1n) is 6.44. The molecule has 2 aromatic rings. The van der Waals surface area contributed by atoms with Gasteiger partial charge in [0.25, 0.3) is 0 Å². The van der Waals surface area contributed by atoms with Crippen molar-refractivity contribution in [2.75, 3.05) is 13.7 Å². The number of aryl methyl sites for hydroxylation is 1. The highest BCUT2D eigenvalue weighted by Crippen LogP contribution is 2.23. The lowest BCUT2D eigenvalue weighted by Crippen LogP contribution is -2.15. The van der Waals surface area contributed by atoms with E-state index in [9.17, 15) is 4.79 Å². The average molecular weight is 260 g/mol. The second kappa shape index (κ2) is 5.99. The minimum atomic E-state index is -0.376. The maximum atomic E-state index is 10.8. The van der Waals surface area contributed by atoms with Crippen molar-refractivity contribution >= 4 is 17.2 Å². The van der Waals surface area contributed by atoms with E-state index < -0.39 is 0 Å². The van der Waals surface area contributed by atoms with Crippen molar-refractivity contribution < 1.29 is 9.53 Å². The number of rotatable bonds is 6. The summed E-state index contributed by atoms with van der Waals surface area (Å²) in [7, 11) is 3.59. The molecule has 1 aromatic carbocycles. The van der Waals surface area contributed by atoms with Gasteiger partial charge >= 0.3 is 0 Å². The average Bonchev–Trinajstić information content (AvgIpc) is 2.73. The standard InChI is InChI=1S/C15H20N2O2/c1-17-9-12(5-6-16)14-8-11(3-4-15(14)17)7-13(10-18)19-2/h3-4,8-10,13H,5-7,16H2,1-2H3. The summed E-state index contributed by atoms with van der Waals surface area (Å²) >= 11 is 0. The maximum absolute atomic E-state index is 10.8. The first kappa shape index (κ1) is 13.8. The molecule has 1 unspecified atom stereocenters. The number of aldehydes is 1. The molecule has 2 N–H and O–H groups in total. The highest BCUT2D eigenvalue weighted by Gasteiger charge is 2.10. The number of hydrogen-bond donors (Lipinski definition) is 1. The maximum Gasteiger partial charge on any atom is 0.149 e. The van der Waals surface area contributed by atoms with Crippen LogP contribution in [0, 0.1) is 0 Å². The molecule has 0 bridgehead atoms. The summed E-state index contributed by atoms with van der Waals surface area (Å²) < 4.78 is 7.21. The minimum absolute atomic E-state index is 0.376. The van der Waals surface area contributed by atoms with Crippen LogP contribution in [0.15, 0.2) is 24.4 Å². The molecule has 0 saturated carbocycles. The van der Waals surface area contributed by atoms with E-state index in [4.69, 9.17) is 10.5 Å². The fourth-order valence-corrected chi connectivity index (χ4v) is 2.42. The van der Waals surface area contributed by atoms with Crippen molar-refractivity contribution in [3.8, 4) is 0 Å². The van der Waals surface area contributed by atoms with E-state index in [2.05, 4.69) is 22.9 Å². The summed E-state index contributed by atoms with van der Waals surface area (Å²) in [6, 6.07) is 6.27. The largest absolute Gasteiger partial charge is 0.374 e. The Kier molecular flexibility index (Phi) is 4.35. The van der Waals surface area contributed by atoms with Crippen LogP contribution < -0.4 is 5.73 Å². The molecule has 2 rings (SSSR count). The second-order valence-corrected chi connectivity index (χ2v) is 4.77. The van der Waals surface area contributed by atoms with Crippen molar-refractivity contribution in [3.05, 3.63) is 35.5 Å². The minimum Gasteiger partial charge on any atom is -0.374 e. The number of aromatic nitrogens is 1. The van der Waals surface area contributed by atoms with Gasteiger partial charge in [0, 0.05) is 37.7 Å². The Morgan fingerprint density at radius 3 is 2.89 bits per heavy atom. The topological polar surface area (TPSA) is 57.2 Å². The number of nitrogens with zero attached hydrogens (tertiary/aromatic N) is 1. The SMILES string of the molecule is COC(C=O)Cc1ccc2c(c1)c(CCN)cn2C. The van der Waals surface area contributed by atoms with Gasteiger partial charge < -0.3 is 19.8 Å². The smallest absolute Gasteiger partial charge is 0.149 e. The zero-order chi connectivity index (χ0) is 13.8. The number of nitrogens with two attached hydrogens (primary N) is 1. The highest BCUT2D eigenvalue weighted by molar-refractivity contribution is 5.84. The van der Waals surface area contributed by atoms with Gasteiger partial charge in [0.2, 0.25) is 0 Å². The molecule has 0 spiro atoms. The van der Waals surface area contributed by atoms with Crippen molar-refractivity contribution in [2.45, 2.75) is 18.9 Å². The number of methoxy groups -OCH3 is 1. The third kappa shape index (κ3) is 2.85. The van der Waals surface area contributed by atoms with Gasteiger partial charge in [0.05, 0.1) is 0 Å². The molecular weight excluding hydrogens is 240 g/mol. The summed E-state index contributed by atoms with van der Waals surface area (Å²) in [5.41, 5.74) is 9.19. The van der Waals surface area contributed by atoms with Gasteiger partial charge in [0.15, 0.2) is 0 Å². The monoisotopic (exact) mass is 260 g/mol. The number of carbonyl (C=O) groups is 1. The van der Waals surface area contributed by atoms with Gasteiger partial charge in [-0.15, -0.1) is 0 Å². The Balaban J connectivity index is 2.37. The lowest BCUT2D eigenvalue weighted by Gasteiger charge is -2.08. The molecule has 1 aromatic heterocycles. The molecule has 1 atom stereocenters.